The van der Waals surface area contributed by atoms with Gasteiger partial charge in [-0.05, 0) is 13.8 Å². The fourth-order valence-corrected chi connectivity index (χ4v) is 0.115. The molecule has 0 aliphatic heterocycles. The van der Waals surface area contributed by atoms with E-state index in [1.807, 2.05) is 42.9 Å². The number of halogens is 1. The van der Waals surface area contributed by atoms with Crippen molar-refractivity contribution in [3.8, 4) is 6.19 Å². The zero-order valence-electron chi connectivity index (χ0n) is 4.35. The Balaban J connectivity index is 3.40. The van der Waals surface area contributed by atoms with Gasteiger partial charge in [-0.3, -0.25) is 0 Å². The Bertz CT molecular complexity index is 84.2. The summed E-state index contributed by atoms with van der Waals surface area (Å²) in [6, 6.07) is 0.325. The maximum absolute atomic E-state index is 8.17. The highest BCUT2D eigenvalue weighted by Gasteiger charge is 1.97. The molecule has 0 aromatic carbocycles. The van der Waals surface area contributed by atoms with Crippen LogP contribution in [0.1, 0.15) is 13.8 Å². The summed E-state index contributed by atoms with van der Waals surface area (Å²) in [5.74, 6) is 0. The van der Waals surface area contributed by atoms with Crippen LogP contribution < -0.4 is 0 Å². The Morgan fingerprint density at radius 1 is 1.71 bits per heavy atom. The summed E-state index contributed by atoms with van der Waals surface area (Å²) in [5, 5.41) is 8.17. The van der Waals surface area contributed by atoms with Crippen LogP contribution in [-0.2, 0) is 0 Å². The van der Waals surface area contributed by atoms with Crippen molar-refractivity contribution in [3.63, 3.8) is 0 Å². The van der Waals surface area contributed by atoms with Gasteiger partial charge in [0, 0.05) is 6.04 Å². The molecule has 0 fully saturated rings. The summed E-state index contributed by atoms with van der Waals surface area (Å²) >= 11 is 1.97. The third kappa shape index (κ3) is 2.68. The van der Waals surface area contributed by atoms with Crippen LogP contribution in [0.25, 0.3) is 0 Å². The molecule has 0 radical (unpaired) electrons. The van der Waals surface area contributed by atoms with Gasteiger partial charge in [0.05, 0.1) is 22.9 Å². The van der Waals surface area contributed by atoms with Gasteiger partial charge in [-0.25, -0.2) is 3.11 Å². The maximum atomic E-state index is 8.17. The van der Waals surface area contributed by atoms with Gasteiger partial charge in [-0.1, -0.05) is 0 Å². The average Bonchev–Trinajstić information content (AvgIpc) is 1.65. The first-order chi connectivity index (χ1) is 3.18. The Morgan fingerprint density at radius 2 is 2.14 bits per heavy atom. The van der Waals surface area contributed by atoms with Crippen molar-refractivity contribution in [2.45, 2.75) is 19.9 Å². The lowest BCUT2D eigenvalue weighted by Crippen LogP contribution is -2.12. The molecule has 0 bridgehead atoms. The van der Waals surface area contributed by atoms with Crippen LogP contribution in [0.2, 0.25) is 0 Å². The lowest BCUT2D eigenvalue weighted by atomic mass is 10.4. The molecular formula is C4H7IN2. The molecule has 40 valence electrons. The molecule has 0 spiro atoms. The number of rotatable bonds is 1. The lowest BCUT2D eigenvalue weighted by molar-refractivity contribution is 0.561. The van der Waals surface area contributed by atoms with E-state index in [0.717, 1.165) is 0 Å². The van der Waals surface area contributed by atoms with Gasteiger partial charge in [0.2, 0.25) is 0 Å². The number of hydrogen-bond donors (Lipinski definition) is 0. The van der Waals surface area contributed by atoms with Crippen molar-refractivity contribution in [3.05, 3.63) is 0 Å². The van der Waals surface area contributed by atoms with Crippen LogP contribution in [0.5, 0.6) is 0 Å². The van der Waals surface area contributed by atoms with E-state index in [9.17, 15) is 0 Å². The normalized spacial score (nSPS) is 8.43. The molecule has 0 unspecified atom stereocenters. The summed E-state index contributed by atoms with van der Waals surface area (Å²) in [6.07, 6.45) is 1.98. The largest absolute Gasteiger partial charge is 0.249 e. The molecule has 0 aliphatic rings. The van der Waals surface area contributed by atoms with E-state index in [1.54, 1.807) is 3.11 Å². The summed E-state index contributed by atoms with van der Waals surface area (Å²) < 4.78 is 1.57. The molecule has 0 aromatic heterocycles. The summed E-state index contributed by atoms with van der Waals surface area (Å²) in [5.41, 5.74) is 0. The number of nitriles is 1. The van der Waals surface area contributed by atoms with Gasteiger partial charge in [-0.2, -0.15) is 5.26 Å². The molecule has 0 N–H and O–H groups in total. The standard InChI is InChI=1S/C4H7IN2/c1-4(2)7(5)3-6/h4H,1-2H3. The SMILES string of the molecule is CC(C)N(I)C#N. The van der Waals surface area contributed by atoms with Crippen molar-refractivity contribution >= 4 is 22.9 Å². The van der Waals surface area contributed by atoms with Crippen molar-refractivity contribution in [2.24, 2.45) is 0 Å². The topological polar surface area (TPSA) is 27.0 Å². The van der Waals surface area contributed by atoms with Crippen LogP contribution in [0.3, 0.4) is 0 Å². The fraction of sp³-hybridized carbons (Fsp3) is 0.750. The minimum Gasteiger partial charge on any atom is -0.249 e. The highest BCUT2D eigenvalue weighted by atomic mass is 127. The Kier molecular flexibility index (Phi) is 3.09. The first-order valence-electron chi connectivity index (χ1n) is 2.03. The van der Waals surface area contributed by atoms with Crippen LogP contribution in [0, 0.1) is 11.5 Å². The molecule has 0 saturated heterocycles. The summed E-state index contributed by atoms with van der Waals surface area (Å²) in [7, 11) is 0. The molecule has 7 heavy (non-hydrogen) atoms. The first kappa shape index (κ1) is 7.02. The molecule has 0 heterocycles. The summed E-state index contributed by atoms with van der Waals surface area (Å²) in [6.45, 7) is 3.94. The Morgan fingerprint density at radius 3 is 2.14 bits per heavy atom. The molecule has 0 atom stereocenters. The van der Waals surface area contributed by atoms with Crippen molar-refractivity contribution in [1.82, 2.24) is 3.11 Å². The van der Waals surface area contributed by atoms with Gasteiger partial charge in [0.25, 0.3) is 0 Å². The van der Waals surface area contributed by atoms with E-state index in [0.29, 0.717) is 6.04 Å². The third-order valence-electron chi connectivity index (χ3n) is 0.549. The zero-order valence-corrected chi connectivity index (χ0v) is 6.51. The van der Waals surface area contributed by atoms with E-state index in [2.05, 4.69) is 0 Å². The quantitative estimate of drug-likeness (QED) is 0.284. The van der Waals surface area contributed by atoms with E-state index >= 15 is 0 Å². The zero-order chi connectivity index (χ0) is 5.86. The molecule has 2 nitrogen and oxygen atoms in total. The average molecular weight is 210 g/mol. The second-order valence-electron chi connectivity index (χ2n) is 1.50. The van der Waals surface area contributed by atoms with Crippen molar-refractivity contribution < 1.29 is 0 Å². The Hall–Kier alpha value is 0.0200. The molecular weight excluding hydrogens is 203 g/mol. The van der Waals surface area contributed by atoms with Gasteiger partial charge in [-0.15, -0.1) is 0 Å². The predicted octanol–water partition coefficient (Wildman–Crippen LogP) is 1.53. The van der Waals surface area contributed by atoms with E-state index in [1.165, 1.54) is 0 Å². The predicted molar refractivity (Wildman–Crippen MR) is 36.6 cm³/mol. The van der Waals surface area contributed by atoms with E-state index < -0.39 is 0 Å². The highest BCUT2D eigenvalue weighted by molar-refractivity contribution is 14.1. The lowest BCUT2D eigenvalue weighted by Gasteiger charge is -2.07. The molecule has 0 rings (SSSR count). The van der Waals surface area contributed by atoms with Gasteiger partial charge in [0.1, 0.15) is 0 Å². The van der Waals surface area contributed by atoms with Crippen LogP contribution >= 0.6 is 22.9 Å². The van der Waals surface area contributed by atoms with Crippen LogP contribution in [0.15, 0.2) is 0 Å². The summed E-state index contributed by atoms with van der Waals surface area (Å²) in [4.78, 5) is 0. The smallest absolute Gasteiger partial charge is 0.189 e. The second kappa shape index (κ2) is 3.08. The molecule has 3 heteroatoms. The minimum absolute atomic E-state index is 0.325. The molecule has 0 aromatic rings. The molecule has 0 saturated carbocycles. The number of nitrogens with zero attached hydrogens (tertiary/aromatic N) is 2. The van der Waals surface area contributed by atoms with Crippen LogP contribution in [-0.4, -0.2) is 9.16 Å². The fourth-order valence-electron chi connectivity index (χ4n) is 0.115. The minimum atomic E-state index is 0.325. The molecule has 0 aliphatic carbocycles. The van der Waals surface area contributed by atoms with Crippen LogP contribution in [0.4, 0.5) is 0 Å². The van der Waals surface area contributed by atoms with E-state index in [4.69, 9.17) is 5.26 Å². The molecule has 0 amide bonds. The van der Waals surface area contributed by atoms with Crippen molar-refractivity contribution in [2.75, 3.05) is 0 Å². The van der Waals surface area contributed by atoms with E-state index in [-0.39, 0.29) is 0 Å². The first-order valence-corrected chi connectivity index (χ1v) is 2.99. The Labute approximate surface area is 57.6 Å². The number of hydrogen-bond acceptors (Lipinski definition) is 2. The van der Waals surface area contributed by atoms with Crippen molar-refractivity contribution in [1.29, 1.82) is 5.26 Å². The van der Waals surface area contributed by atoms with Gasteiger partial charge >= 0.3 is 0 Å². The highest BCUT2D eigenvalue weighted by Crippen LogP contribution is 2.01. The third-order valence-corrected chi connectivity index (χ3v) is 1.88. The maximum Gasteiger partial charge on any atom is 0.189 e. The van der Waals surface area contributed by atoms with Gasteiger partial charge in [0.15, 0.2) is 6.19 Å². The second-order valence-corrected chi connectivity index (χ2v) is 2.54. The monoisotopic (exact) mass is 210 g/mol. The van der Waals surface area contributed by atoms with Gasteiger partial charge < -0.3 is 0 Å².